The van der Waals surface area contributed by atoms with Crippen LogP contribution in [-0.2, 0) is 13.0 Å². The number of benzene rings is 2. The minimum atomic E-state index is -0.473. The van der Waals surface area contributed by atoms with E-state index in [0.717, 1.165) is 23.3 Å². The molecule has 0 saturated heterocycles. The van der Waals surface area contributed by atoms with Crippen molar-refractivity contribution in [3.05, 3.63) is 101 Å². The number of nitrogens with zero attached hydrogens (tertiary/aromatic N) is 2. The summed E-state index contributed by atoms with van der Waals surface area (Å²) in [6.45, 7) is 0.653. The quantitative estimate of drug-likeness (QED) is 0.667. The molecule has 0 N–H and O–H groups in total. The van der Waals surface area contributed by atoms with Crippen molar-refractivity contribution in [2.45, 2.75) is 13.0 Å². The summed E-state index contributed by atoms with van der Waals surface area (Å²) in [4.78, 5) is 8.20. The number of hydrogen-bond acceptors (Lipinski definition) is 2. The zero-order valence-corrected chi connectivity index (χ0v) is 12.5. The van der Waals surface area contributed by atoms with Gasteiger partial charge >= 0.3 is 0 Å². The highest BCUT2D eigenvalue weighted by Crippen LogP contribution is 2.25. The minimum absolute atomic E-state index is 0.473. The van der Waals surface area contributed by atoms with Gasteiger partial charge in [-0.25, -0.2) is 4.98 Å². The monoisotopic (exact) mass is 302 g/mol. The first kappa shape index (κ1) is 13.8. The fourth-order valence-electron chi connectivity index (χ4n) is 2.97. The van der Waals surface area contributed by atoms with Crippen molar-refractivity contribution < 1.29 is 4.39 Å². The summed E-state index contributed by atoms with van der Waals surface area (Å²) in [6.07, 6.45) is 2.37. The zero-order chi connectivity index (χ0) is 15.6. The lowest BCUT2D eigenvalue weighted by Gasteiger charge is -2.08. The largest absolute Gasteiger partial charge is 0.279 e. The van der Waals surface area contributed by atoms with E-state index in [-0.39, 0.29) is 0 Å². The van der Waals surface area contributed by atoms with Gasteiger partial charge in [0.1, 0.15) is 0 Å². The second-order valence-corrected chi connectivity index (χ2v) is 5.69. The Labute approximate surface area is 134 Å². The van der Waals surface area contributed by atoms with E-state index in [0.29, 0.717) is 6.54 Å². The average Bonchev–Trinajstić information content (AvgIpc) is 2.99. The topological polar surface area (TPSA) is 25.2 Å². The van der Waals surface area contributed by atoms with Crippen LogP contribution in [0.25, 0.3) is 0 Å². The van der Waals surface area contributed by atoms with Crippen LogP contribution in [0.5, 0.6) is 0 Å². The van der Waals surface area contributed by atoms with E-state index in [2.05, 4.69) is 52.4 Å². The summed E-state index contributed by atoms with van der Waals surface area (Å²) in [5.41, 5.74) is 6.44. The number of aliphatic imine (C=N–C) groups is 1. The van der Waals surface area contributed by atoms with Crippen LogP contribution in [0.1, 0.15) is 27.8 Å². The smallest absolute Gasteiger partial charge is 0.213 e. The van der Waals surface area contributed by atoms with Crippen LogP contribution in [0.4, 0.5) is 4.39 Å². The maximum atomic E-state index is 13.4. The molecule has 0 amide bonds. The van der Waals surface area contributed by atoms with Crippen LogP contribution in [0.2, 0.25) is 0 Å². The molecule has 2 nitrogen and oxygen atoms in total. The molecule has 1 aliphatic rings. The molecule has 1 aromatic heterocycles. The molecular formula is C20H15FN2. The van der Waals surface area contributed by atoms with Gasteiger partial charge in [-0.15, -0.1) is 0 Å². The van der Waals surface area contributed by atoms with Crippen LogP contribution in [0.15, 0.2) is 71.9 Å². The fraction of sp³-hybridized carbons (Fsp3) is 0.100. The van der Waals surface area contributed by atoms with Gasteiger partial charge in [0.15, 0.2) is 0 Å². The first-order valence-corrected chi connectivity index (χ1v) is 7.62. The van der Waals surface area contributed by atoms with Crippen molar-refractivity contribution >= 4 is 5.71 Å². The highest BCUT2D eigenvalue weighted by atomic mass is 19.1. The van der Waals surface area contributed by atoms with Gasteiger partial charge in [0.2, 0.25) is 5.95 Å². The number of rotatable bonds is 3. The van der Waals surface area contributed by atoms with Gasteiger partial charge in [0.25, 0.3) is 0 Å². The molecule has 4 rings (SSSR count). The van der Waals surface area contributed by atoms with E-state index in [4.69, 9.17) is 0 Å². The van der Waals surface area contributed by atoms with Gasteiger partial charge < -0.3 is 0 Å². The maximum absolute atomic E-state index is 13.4. The van der Waals surface area contributed by atoms with Crippen LogP contribution >= 0.6 is 0 Å². The first-order valence-electron chi connectivity index (χ1n) is 7.62. The van der Waals surface area contributed by atoms with Gasteiger partial charge in [-0.3, -0.25) is 4.99 Å². The van der Waals surface area contributed by atoms with Crippen molar-refractivity contribution in [2.24, 2.45) is 4.99 Å². The lowest BCUT2D eigenvalue weighted by atomic mass is 9.96. The lowest BCUT2D eigenvalue weighted by molar-refractivity contribution is 0.583. The molecule has 0 saturated carbocycles. The Kier molecular flexibility index (Phi) is 3.46. The molecule has 3 aromatic rings. The van der Waals surface area contributed by atoms with Crippen molar-refractivity contribution in [2.75, 3.05) is 0 Å². The Hall–Kier alpha value is -2.81. The van der Waals surface area contributed by atoms with E-state index < -0.39 is 5.95 Å². The molecule has 0 unspecified atom stereocenters. The third-order valence-electron chi connectivity index (χ3n) is 4.09. The van der Waals surface area contributed by atoms with Crippen molar-refractivity contribution in [1.29, 1.82) is 0 Å². The summed E-state index contributed by atoms with van der Waals surface area (Å²) in [7, 11) is 0. The maximum Gasteiger partial charge on any atom is 0.213 e. The average molecular weight is 302 g/mol. The summed E-state index contributed by atoms with van der Waals surface area (Å²) in [5, 5.41) is 0. The minimum Gasteiger partial charge on any atom is -0.279 e. The van der Waals surface area contributed by atoms with Crippen molar-refractivity contribution in [3.63, 3.8) is 0 Å². The molecule has 3 heteroatoms. The lowest BCUT2D eigenvalue weighted by Crippen LogP contribution is -2.03. The molecule has 2 heterocycles. The Morgan fingerprint density at radius 1 is 0.913 bits per heavy atom. The third kappa shape index (κ3) is 2.78. The third-order valence-corrected chi connectivity index (χ3v) is 4.09. The van der Waals surface area contributed by atoms with E-state index >= 15 is 0 Å². The zero-order valence-electron chi connectivity index (χ0n) is 12.5. The van der Waals surface area contributed by atoms with Gasteiger partial charge in [-0.1, -0.05) is 42.5 Å². The van der Waals surface area contributed by atoms with Crippen LogP contribution in [-0.4, -0.2) is 10.7 Å². The van der Waals surface area contributed by atoms with E-state index in [9.17, 15) is 4.39 Å². The highest BCUT2D eigenvalue weighted by molar-refractivity contribution is 6.15. The van der Waals surface area contributed by atoms with Crippen molar-refractivity contribution in [1.82, 2.24) is 4.98 Å². The second kappa shape index (κ2) is 5.76. The normalized spacial score (nSPS) is 12.8. The van der Waals surface area contributed by atoms with E-state index in [1.165, 1.54) is 29.0 Å². The molecule has 0 fully saturated rings. The van der Waals surface area contributed by atoms with Crippen LogP contribution in [0.3, 0.4) is 0 Å². The van der Waals surface area contributed by atoms with Gasteiger partial charge in [0, 0.05) is 23.4 Å². The first-order chi connectivity index (χ1) is 11.3. The molecule has 23 heavy (non-hydrogen) atoms. The molecule has 0 radical (unpaired) electrons. The molecule has 0 bridgehead atoms. The van der Waals surface area contributed by atoms with Gasteiger partial charge in [-0.2, -0.15) is 4.39 Å². The Morgan fingerprint density at radius 2 is 1.78 bits per heavy atom. The van der Waals surface area contributed by atoms with Gasteiger partial charge in [0.05, 0.1) is 12.3 Å². The Bertz CT molecular complexity index is 885. The van der Waals surface area contributed by atoms with E-state index in [1.54, 1.807) is 6.07 Å². The summed E-state index contributed by atoms with van der Waals surface area (Å²) in [6, 6.07) is 20.1. The molecule has 0 atom stereocenters. The predicted molar refractivity (Wildman–Crippen MR) is 89.2 cm³/mol. The highest BCUT2D eigenvalue weighted by Gasteiger charge is 2.18. The molecular weight excluding hydrogens is 287 g/mol. The molecule has 112 valence electrons. The second-order valence-electron chi connectivity index (χ2n) is 5.69. The standard InChI is InChI=1S/C20H15FN2/c21-19-12-16(8-9-22-19)20-18-11-15(6-7-17(18)13-23-20)10-14-4-2-1-3-5-14/h1-9,11-12H,10,13H2. The van der Waals surface area contributed by atoms with Crippen LogP contribution in [0, 0.1) is 5.95 Å². The van der Waals surface area contributed by atoms with Gasteiger partial charge in [-0.05, 0) is 35.2 Å². The van der Waals surface area contributed by atoms with Crippen LogP contribution < -0.4 is 0 Å². The summed E-state index contributed by atoms with van der Waals surface area (Å²) < 4.78 is 13.4. The predicted octanol–water partition coefficient (Wildman–Crippen LogP) is 4.16. The molecule has 0 aliphatic carbocycles. The summed E-state index contributed by atoms with van der Waals surface area (Å²) in [5.74, 6) is -0.473. The fourth-order valence-corrected chi connectivity index (χ4v) is 2.97. The number of pyridine rings is 1. The Balaban J connectivity index is 1.69. The summed E-state index contributed by atoms with van der Waals surface area (Å²) >= 11 is 0. The molecule has 1 aliphatic heterocycles. The molecule has 0 spiro atoms. The van der Waals surface area contributed by atoms with E-state index in [1.807, 2.05) is 6.07 Å². The number of halogens is 1. The number of hydrogen-bond donors (Lipinski definition) is 0. The number of fused-ring (bicyclic) bond motifs is 1. The number of aromatic nitrogens is 1. The SMILES string of the molecule is Fc1cc(C2=NCc3ccc(Cc4ccccc4)cc32)ccn1. The molecule has 2 aromatic carbocycles. The Morgan fingerprint density at radius 3 is 2.61 bits per heavy atom. The van der Waals surface area contributed by atoms with Crippen molar-refractivity contribution in [3.8, 4) is 0 Å².